The van der Waals surface area contributed by atoms with Crippen LogP contribution < -0.4 is 19.7 Å². The number of benzene rings is 1. The minimum Gasteiger partial charge on any atom is -0.493 e. The van der Waals surface area contributed by atoms with E-state index in [9.17, 15) is 9.90 Å². The molecule has 0 radical (unpaired) electrons. The van der Waals surface area contributed by atoms with Gasteiger partial charge in [-0.15, -0.1) is 0 Å². The van der Waals surface area contributed by atoms with E-state index in [1.165, 1.54) is 5.56 Å². The molecule has 1 unspecified atom stereocenters. The number of ether oxygens (including phenoxy) is 2. The standard InChI is InChI=1S/C16H22N2O4/c1-21-13-8-10-9-17-6-5-11(10)14(15(13)22-2)18-7-3-4-12(18)16(19)20/h8,12,17H,3-7,9H2,1-2H3,(H,19,20). The third kappa shape index (κ3) is 2.37. The molecule has 0 spiro atoms. The number of carboxylic acid groups (broad SMARTS) is 1. The van der Waals surface area contributed by atoms with Crippen LogP contribution in [0.2, 0.25) is 0 Å². The van der Waals surface area contributed by atoms with E-state index in [0.29, 0.717) is 17.9 Å². The number of nitrogens with zero attached hydrogens (tertiary/aromatic N) is 1. The fourth-order valence-corrected chi connectivity index (χ4v) is 3.53. The van der Waals surface area contributed by atoms with Crippen LogP contribution in [-0.2, 0) is 17.8 Å². The molecule has 2 aliphatic rings. The van der Waals surface area contributed by atoms with Crippen molar-refractivity contribution >= 4 is 11.7 Å². The molecular formula is C16H22N2O4. The molecule has 1 atom stereocenters. The fraction of sp³-hybridized carbons (Fsp3) is 0.562. The van der Waals surface area contributed by atoms with Crippen LogP contribution in [0.4, 0.5) is 5.69 Å². The number of rotatable bonds is 4. The van der Waals surface area contributed by atoms with Crippen molar-refractivity contribution in [1.29, 1.82) is 0 Å². The van der Waals surface area contributed by atoms with Crippen LogP contribution in [0.15, 0.2) is 6.07 Å². The lowest BCUT2D eigenvalue weighted by Crippen LogP contribution is -2.38. The quantitative estimate of drug-likeness (QED) is 0.876. The molecule has 3 rings (SSSR count). The maximum atomic E-state index is 11.6. The number of aliphatic carboxylic acids is 1. The van der Waals surface area contributed by atoms with E-state index in [4.69, 9.17) is 9.47 Å². The third-order valence-corrected chi connectivity index (χ3v) is 4.53. The molecule has 2 heterocycles. The highest BCUT2D eigenvalue weighted by Gasteiger charge is 2.35. The molecule has 0 amide bonds. The first-order chi connectivity index (χ1) is 10.7. The van der Waals surface area contributed by atoms with Gasteiger partial charge in [-0.25, -0.2) is 4.79 Å². The van der Waals surface area contributed by atoms with Crippen LogP contribution in [-0.4, -0.2) is 44.4 Å². The Morgan fingerprint density at radius 3 is 2.91 bits per heavy atom. The van der Waals surface area contributed by atoms with Crippen LogP contribution in [0.5, 0.6) is 11.5 Å². The molecule has 0 aliphatic carbocycles. The SMILES string of the molecule is COc1cc2c(c(N3CCCC3C(=O)O)c1OC)CCNC2. The van der Waals surface area contributed by atoms with Crippen LogP contribution in [0.1, 0.15) is 24.0 Å². The summed E-state index contributed by atoms with van der Waals surface area (Å²) in [6, 6.07) is 1.51. The van der Waals surface area contributed by atoms with Gasteiger partial charge in [0.2, 0.25) is 0 Å². The van der Waals surface area contributed by atoms with E-state index in [-0.39, 0.29) is 0 Å². The lowest BCUT2D eigenvalue weighted by molar-refractivity contribution is -0.138. The Morgan fingerprint density at radius 2 is 2.23 bits per heavy atom. The molecule has 1 fully saturated rings. The molecule has 2 N–H and O–H groups in total. The van der Waals surface area contributed by atoms with Gasteiger partial charge < -0.3 is 24.8 Å². The summed E-state index contributed by atoms with van der Waals surface area (Å²) >= 11 is 0. The van der Waals surface area contributed by atoms with Crippen molar-refractivity contribution in [3.8, 4) is 11.5 Å². The van der Waals surface area contributed by atoms with E-state index in [1.54, 1.807) is 14.2 Å². The Bertz CT molecular complexity index is 574. The van der Waals surface area contributed by atoms with Crippen molar-refractivity contribution in [3.63, 3.8) is 0 Å². The number of anilines is 1. The molecule has 0 bridgehead atoms. The summed E-state index contributed by atoms with van der Waals surface area (Å²) in [6.45, 7) is 2.40. The average Bonchev–Trinajstić information content (AvgIpc) is 3.02. The van der Waals surface area contributed by atoms with Gasteiger partial charge in [0.25, 0.3) is 0 Å². The van der Waals surface area contributed by atoms with Gasteiger partial charge in [0, 0.05) is 13.1 Å². The van der Waals surface area contributed by atoms with Gasteiger partial charge in [-0.1, -0.05) is 0 Å². The summed E-state index contributed by atoms with van der Waals surface area (Å²) in [6.07, 6.45) is 2.42. The molecule has 0 aromatic heterocycles. The van der Waals surface area contributed by atoms with Gasteiger partial charge in [-0.2, -0.15) is 0 Å². The van der Waals surface area contributed by atoms with Crippen molar-refractivity contribution in [2.24, 2.45) is 0 Å². The minimum absolute atomic E-state index is 0.486. The van der Waals surface area contributed by atoms with E-state index in [0.717, 1.165) is 43.7 Å². The summed E-state index contributed by atoms with van der Waals surface area (Å²) in [5.41, 5.74) is 3.25. The Hall–Kier alpha value is -1.95. The zero-order valence-electron chi connectivity index (χ0n) is 13.0. The first-order valence-electron chi connectivity index (χ1n) is 7.64. The molecular weight excluding hydrogens is 284 g/mol. The molecule has 1 aromatic carbocycles. The topological polar surface area (TPSA) is 71.0 Å². The fourth-order valence-electron chi connectivity index (χ4n) is 3.53. The normalized spacial score (nSPS) is 20.6. The van der Waals surface area contributed by atoms with E-state index in [2.05, 4.69) is 5.32 Å². The molecule has 120 valence electrons. The van der Waals surface area contributed by atoms with Gasteiger partial charge in [-0.05, 0) is 43.0 Å². The number of hydrogen-bond acceptors (Lipinski definition) is 5. The molecule has 1 aromatic rings. The molecule has 22 heavy (non-hydrogen) atoms. The van der Waals surface area contributed by atoms with Crippen LogP contribution in [0.25, 0.3) is 0 Å². The summed E-state index contributed by atoms with van der Waals surface area (Å²) in [5.74, 6) is 0.539. The minimum atomic E-state index is -0.773. The smallest absolute Gasteiger partial charge is 0.326 e. The number of methoxy groups -OCH3 is 2. The molecule has 0 saturated carbocycles. The van der Waals surface area contributed by atoms with Crippen molar-refractivity contribution in [1.82, 2.24) is 5.32 Å². The average molecular weight is 306 g/mol. The zero-order chi connectivity index (χ0) is 15.7. The van der Waals surface area contributed by atoms with Crippen LogP contribution in [0, 0.1) is 0 Å². The molecule has 6 nitrogen and oxygen atoms in total. The number of fused-ring (bicyclic) bond motifs is 1. The van der Waals surface area contributed by atoms with Crippen LogP contribution in [0.3, 0.4) is 0 Å². The van der Waals surface area contributed by atoms with E-state index < -0.39 is 12.0 Å². The third-order valence-electron chi connectivity index (χ3n) is 4.53. The predicted octanol–water partition coefficient (Wildman–Crippen LogP) is 1.40. The van der Waals surface area contributed by atoms with E-state index >= 15 is 0 Å². The highest BCUT2D eigenvalue weighted by atomic mass is 16.5. The Kier molecular flexibility index (Phi) is 4.11. The highest BCUT2D eigenvalue weighted by molar-refractivity contribution is 5.83. The molecule has 2 aliphatic heterocycles. The second kappa shape index (κ2) is 6.04. The van der Waals surface area contributed by atoms with Crippen molar-refractivity contribution in [2.45, 2.75) is 31.8 Å². The van der Waals surface area contributed by atoms with Crippen molar-refractivity contribution in [2.75, 3.05) is 32.2 Å². The number of hydrogen-bond donors (Lipinski definition) is 2. The summed E-state index contributed by atoms with van der Waals surface area (Å²) in [4.78, 5) is 13.6. The Labute approximate surface area is 130 Å². The zero-order valence-corrected chi connectivity index (χ0v) is 13.0. The van der Waals surface area contributed by atoms with Gasteiger partial charge in [0.15, 0.2) is 11.5 Å². The first-order valence-corrected chi connectivity index (χ1v) is 7.64. The van der Waals surface area contributed by atoms with Gasteiger partial charge >= 0.3 is 5.97 Å². The highest BCUT2D eigenvalue weighted by Crippen LogP contribution is 2.45. The lowest BCUT2D eigenvalue weighted by atomic mass is 9.96. The number of carboxylic acids is 1. The van der Waals surface area contributed by atoms with Gasteiger partial charge in [-0.3, -0.25) is 0 Å². The van der Waals surface area contributed by atoms with Crippen molar-refractivity contribution in [3.05, 3.63) is 17.2 Å². The predicted molar refractivity (Wildman–Crippen MR) is 83.0 cm³/mol. The Balaban J connectivity index is 2.17. The number of nitrogens with one attached hydrogen (secondary N) is 1. The number of carbonyl (C=O) groups is 1. The van der Waals surface area contributed by atoms with Gasteiger partial charge in [0.05, 0.1) is 19.9 Å². The Morgan fingerprint density at radius 1 is 1.41 bits per heavy atom. The summed E-state index contributed by atoms with van der Waals surface area (Å²) in [5, 5.41) is 12.9. The first kappa shape index (κ1) is 15.0. The largest absolute Gasteiger partial charge is 0.493 e. The van der Waals surface area contributed by atoms with Crippen LogP contribution >= 0.6 is 0 Å². The second-order valence-corrected chi connectivity index (χ2v) is 5.71. The molecule has 1 saturated heterocycles. The maximum absolute atomic E-state index is 11.6. The lowest BCUT2D eigenvalue weighted by Gasteiger charge is -2.32. The van der Waals surface area contributed by atoms with E-state index in [1.807, 2.05) is 11.0 Å². The molecule has 6 heteroatoms. The monoisotopic (exact) mass is 306 g/mol. The summed E-state index contributed by atoms with van der Waals surface area (Å²) in [7, 11) is 3.23. The van der Waals surface area contributed by atoms with Crippen molar-refractivity contribution < 1.29 is 19.4 Å². The summed E-state index contributed by atoms with van der Waals surface area (Å²) < 4.78 is 11.1. The maximum Gasteiger partial charge on any atom is 0.326 e. The second-order valence-electron chi connectivity index (χ2n) is 5.71. The van der Waals surface area contributed by atoms with Gasteiger partial charge in [0.1, 0.15) is 6.04 Å².